The van der Waals surface area contributed by atoms with Gasteiger partial charge < -0.3 is 5.11 Å². The van der Waals surface area contributed by atoms with Gasteiger partial charge in [0, 0.05) is 4.47 Å². The first kappa shape index (κ1) is 15.5. The molecule has 0 aromatic heterocycles. The second kappa shape index (κ2) is 6.26. The Morgan fingerprint density at radius 3 is 2.35 bits per heavy atom. The molecule has 1 fully saturated rings. The third kappa shape index (κ3) is 3.06. The minimum atomic E-state index is -3.88. The average Bonchev–Trinajstić information content (AvgIpc) is 2.39. The molecule has 1 aromatic rings. The number of halogens is 1. The van der Waals surface area contributed by atoms with E-state index in [1.54, 1.807) is 18.2 Å². The summed E-state index contributed by atoms with van der Waals surface area (Å²) in [6.45, 7) is 0. The fourth-order valence-corrected chi connectivity index (χ4v) is 5.72. The lowest BCUT2D eigenvalue weighted by Gasteiger charge is -2.27. The summed E-state index contributed by atoms with van der Waals surface area (Å²) in [5, 5.41) is 8.07. The minimum absolute atomic E-state index is 0.0676. The fraction of sp³-hybridized carbons (Fsp3) is 0.500. The molecule has 1 unspecified atom stereocenters. The Morgan fingerprint density at radius 2 is 1.80 bits per heavy atom. The number of hydrogen-bond acceptors (Lipinski definition) is 3. The Hall–Kier alpha value is -0.880. The molecule has 1 atom stereocenters. The number of aliphatic carboxylic acids is 1. The SMILES string of the molecule is O=C(O)C(C1CCCCC1)S(=O)(=O)c1ccccc1Br. The lowest BCUT2D eigenvalue weighted by molar-refractivity contribution is -0.137. The summed E-state index contributed by atoms with van der Waals surface area (Å²) in [5.74, 6) is -1.54. The summed E-state index contributed by atoms with van der Waals surface area (Å²) in [5.41, 5.74) is 0. The maximum absolute atomic E-state index is 12.7. The molecule has 6 heteroatoms. The van der Waals surface area contributed by atoms with Gasteiger partial charge in [-0.1, -0.05) is 31.4 Å². The molecule has 0 saturated heterocycles. The van der Waals surface area contributed by atoms with E-state index in [0.29, 0.717) is 17.3 Å². The van der Waals surface area contributed by atoms with Crippen LogP contribution in [-0.2, 0) is 14.6 Å². The van der Waals surface area contributed by atoms with Crippen LogP contribution in [-0.4, -0.2) is 24.7 Å². The smallest absolute Gasteiger partial charge is 0.322 e. The molecular weight excluding hydrogens is 344 g/mol. The van der Waals surface area contributed by atoms with Crippen molar-refractivity contribution in [2.45, 2.75) is 42.2 Å². The van der Waals surface area contributed by atoms with Crippen LogP contribution >= 0.6 is 15.9 Å². The van der Waals surface area contributed by atoms with E-state index in [2.05, 4.69) is 15.9 Å². The standard InChI is InChI=1S/C14H17BrO4S/c15-11-8-4-5-9-12(11)20(18,19)13(14(16)17)10-6-2-1-3-7-10/h4-5,8-10,13H,1-3,6-7H2,(H,16,17). The van der Waals surface area contributed by atoms with Gasteiger partial charge in [-0.05, 0) is 46.8 Å². The van der Waals surface area contributed by atoms with Gasteiger partial charge in [-0.15, -0.1) is 0 Å². The third-order valence-electron chi connectivity index (χ3n) is 3.80. The van der Waals surface area contributed by atoms with Crippen molar-refractivity contribution < 1.29 is 18.3 Å². The van der Waals surface area contributed by atoms with Crippen LogP contribution in [0.4, 0.5) is 0 Å². The van der Waals surface area contributed by atoms with E-state index in [-0.39, 0.29) is 10.8 Å². The van der Waals surface area contributed by atoms with Crippen LogP contribution < -0.4 is 0 Å². The molecule has 0 spiro atoms. The first-order valence-electron chi connectivity index (χ1n) is 6.66. The quantitative estimate of drug-likeness (QED) is 0.894. The largest absolute Gasteiger partial charge is 0.480 e. The molecule has 0 amide bonds. The predicted molar refractivity (Wildman–Crippen MR) is 79.3 cm³/mol. The molecule has 0 aliphatic heterocycles. The highest BCUT2D eigenvalue weighted by Gasteiger charge is 2.41. The van der Waals surface area contributed by atoms with Crippen LogP contribution in [0.25, 0.3) is 0 Å². The van der Waals surface area contributed by atoms with Gasteiger partial charge in [-0.3, -0.25) is 4.79 Å². The lowest BCUT2D eigenvalue weighted by atomic mass is 9.87. The van der Waals surface area contributed by atoms with Crippen LogP contribution in [0.5, 0.6) is 0 Å². The number of carboxylic acids is 1. The summed E-state index contributed by atoms with van der Waals surface area (Å²) in [6, 6.07) is 6.39. The maximum Gasteiger partial charge on any atom is 0.322 e. The summed E-state index contributed by atoms with van der Waals surface area (Å²) in [6.07, 6.45) is 4.19. The Morgan fingerprint density at radius 1 is 1.20 bits per heavy atom. The van der Waals surface area contributed by atoms with Crippen LogP contribution in [0.3, 0.4) is 0 Å². The number of benzene rings is 1. The van der Waals surface area contributed by atoms with Crippen LogP contribution in [0, 0.1) is 5.92 Å². The van der Waals surface area contributed by atoms with E-state index < -0.39 is 21.1 Å². The Kier molecular flexibility index (Phi) is 4.86. The van der Waals surface area contributed by atoms with E-state index >= 15 is 0 Å². The molecule has 0 bridgehead atoms. The highest BCUT2D eigenvalue weighted by Crippen LogP contribution is 2.34. The van der Waals surface area contributed by atoms with Crippen molar-refractivity contribution in [2.24, 2.45) is 5.92 Å². The summed E-state index contributed by atoms with van der Waals surface area (Å²) in [7, 11) is -3.88. The topological polar surface area (TPSA) is 71.4 Å². The summed E-state index contributed by atoms with van der Waals surface area (Å²) < 4.78 is 25.8. The molecule has 1 aliphatic carbocycles. The first-order chi connectivity index (χ1) is 9.44. The van der Waals surface area contributed by atoms with E-state index in [1.807, 2.05) is 0 Å². The highest BCUT2D eigenvalue weighted by atomic mass is 79.9. The molecule has 0 radical (unpaired) electrons. The fourth-order valence-electron chi connectivity index (χ4n) is 2.84. The zero-order valence-corrected chi connectivity index (χ0v) is 13.4. The second-order valence-corrected chi connectivity index (χ2v) is 8.02. The lowest BCUT2D eigenvalue weighted by Crippen LogP contribution is -2.38. The zero-order valence-electron chi connectivity index (χ0n) is 11.0. The van der Waals surface area contributed by atoms with Crippen molar-refractivity contribution >= 4 is 31.7 Å². The average molecular weight is 361 g/mol. The molecule has 110 valence electrons. The molecule has 1 aliphatic rings. The molecule has 20 heavy (non-hydrogen) atoms. The Bertz CT molecular complexity index is 591. The van der Waals surface area contributed by atoms with Gasteiger partial charge in [-0.2, -0.15) is 0 Å². The van der Waals surface area contributed by atoms with E-state index in [0.717, 1.165) is 19.3 Å². The van der Waals surface area contributed by atoms with Crippen molar-refractivity contribution in [3.05, 3.63) is 28.7 Å². The molecule has 4 nitrogen and oxygen atoms in total. The first-order valence-corrected chi connectivity index (χ1v) is 9.00. The molecule has 1 saturated carbocycles. The summed E-state index contributed by atoms with van der Waals surface area (Å²) >= 11 is 3.20. The van der Waals surface area contributed by atoms with Crippen LogP contribution in [0.2, 0.25) is 0 Å². The van der Waals surface area contributed by atoms with Gasteiger partial charge in [0.2, 0.25) is 0 Å². The van der Waals surface area contributed by atoms with Gasteiger partial charge >= 0.3 is 5.97 Å². The van der Waals surface area contributed by atoms with Gasteiger partial charge in [0.25, 0.3) is 0 Å². The molecular formula is C14H17BrO4S. The maximum atomic E-state index is 12.7. The monoisotopic (exact) mass is 360 g/mol. The minimum Gasteiger partial charge on any atom is -0.480 e. The van der Waals surface area contributed by atoms with E-state index in [9.17, 15) is 18.3 Å². The highest BCUT2D eigenvalue weighted by molar-refractivity contribution is 9.10. The van der Waals surface area contributed by atoms with E-state index in [1.165, 1.54) is 6.07 Å². The normalized spacial score (nSPS) is 18.6. The third-order valence-corrected chi connectivity index (χ3v) is 6.98. The Balaban J connectivity index is 2.42. The van der Waals surface area contributed by atoms with Crippen molar-refractivity contribution in [2.75, 3.05) is 0 Å². The van der Waals surface area contributed by atoms with Gasteiger partial charge in [0.05, 0.1) is 4.90 Å². The van der Waals surface area contributed by atoms with Gasteiger partial charge in [0.15, 0.2) is 15.1 Å². The Labute approximate surface area is 127 Å². The predicted octanol–water partition coefficient (Wildman–Crippen LogP) is 3.26. The van der Waals surface area contributed by atoms with E-state index in [4.69, 9.17) is 0 Å². The molecule has 1 aromatic carbocycles. The molecule has 1 N–H and O–H groups in total. The van der Waals surface area contributed by atoms with Crippen molar-refractivity contribution in [1.29, 1.82) is 0 Å². The van der Waals surface area contributed by atoms with Crippen molar-refractivity contribution in [3.63, 3.8) is 0 Å². The molecule has 2 rings (SSSR count). The molecule has 0 heterocycles. The van der Waals surface area contributed by atoms with Crippen LogP contribution in [0.1, 0.15) is 32.1 Å². The number of rotatable bonds is 4. The number of carboxylic acid groups (broad SMARTS) is 1. The van der Waals surface area contributed by atoms with Crippen LogP contribution in [0.15, 0.2) is 33.6 Å². The van der Waals surface area contributed by atoms with Crippen molar-refractivity contribution in [1.82, 2.24) is 0 Å². The van der Waals surface area contributed by atoms with Gasteiger partial charge in [-0.25, -0.2) is 8.42 Å². The number of hydrogen-bond donors (Lipinski definition) is 1. The number of sulfone groups is 1. The van der Waals surface area contributed by atoms with Crippen molar-refractivity contribution in [3.8, 4) is 0 Å². The van der Waals surface area contributed by atoms with Gasteiger partial charge in [0.1, 0.15) is 0 Å². The number of carbonyl (C=O) groups is 1. The second-order valence-electron chi connectivity index (χ2n) is 5.13. The summed E-state index contributed by atoms with van der Waals surface area (Å²) in [4.78, 5) is 11.6. The zero-order chi connectivity index (χ0) is 14.8.